The summed E-state index contributed by atoms with van der Waals surface area (Å²) in [5.41, 5.74) is 7.74. The van der Waals surface area contributed by atoms with Crippen LogP contribution in [0.15, 0.2) is 54.6 Å². The third-order valence-electron chi connectivity index (χ3n) is 5.67. The first kappa shape index (κ1) is 20.4. The van der Waals surface area contributed by atoms with E-state index in [0.29, 0.717) is 0 Å². The minimum Gasteiger partial charge on any atom is -1.00 e. The number of hydrogen-bond acceptors (Lipinski definition) is 1. The van der Waals surface area contributed by atoms with Crippen LogP contribution in [0.1, 0.15) is 30.7 Å². The molecule has 1 aliphatic heterocycles. The van der Waals surface area contributed by atoms with Crippen molar-refractivity contribution in [2.75, 3.05) is 21.1 Å². The number of aromatic amines is 1. The molecule has 0 unspecified atom stereocenters. The van der Waals surface area contributed by atoms with Gasteiger partial charge in [-0.05, 0) is 45.6 Å². The van der Waals surface area contributed by atoms with E-state index in [4.69, 9.17) is 0 Å². The van der Waals surface area contributed by atoms with E-state index in [9.17, 15) is 0 Å². The highest BCUT2D eigenvalue weighted by atomic mass is 35.5. The van der Waals surface area contributed by atoms with Gasteiger partial charge in [0.1, 0.15) is 7.05 Å². The lowest BCUT2D eigenvalue weighted by Crippen LogP contribution is -3.00. The lowest BCUT2D eigenvalue weighted by atomic mass is 9.81. The molecule has 3 nitrogen and oxygen atoms in total. The molecule has 0 fully saturated rings. The van der Waals surface area contributed by atoms with Gasteiger partial charge < -0.3 is 22.3 Å². The van der Waals surface area contributed by atoms with E-state index >= 15 is 0 Å². The second kappa shape index (κ2) is 7.57. The number of nitrogens with zero attached hydrogens (tertiary/aromatic N) is 2. The maximum absolute atomic E-state index is 3.61. The molecule has 146 valence electrons. The van der Waals surface area contributed by atoms with E-state index in [1.54, 1.807) is 0 Å². The van der Waals surface area contributed by atoms with Crippen molar-refractivity contribution >= 4 is 28.4 Å². The average molecular weight is 394 g/mol. The second-order valence-electron chi connectivity index (χ2n) is 8.22. The van der Waals surface area contributed by atoms with E-state index in [2.05, 4.69) is 110 Å². The van der Waals surface area contributed by atoms with E-state index in [-0.39, 0.29) is 17.8 Å². The molecule has 4 heteroatoms. The Morgan fingerprint density at radius 2 is 1.68 bits per heavy atom. The van der Waals surface area contributed by atoms with Gasteiger partial charge in [-0.25, -0.2) is 0 Å². The summed E-state index contributed by atoms with van der Waals surface area (Å²) in [6, 6.07) is 17.3. The summed E-state index contributed by atoms with van der Waals surface area (Å²) >= 11 is 0. The van der Waals surface area contributed by atoms with Gasteiger partial charge in [0.2, 0.25) is 5.69 Å². The molecular formula is C24H28ClN3. The molecule has 0 saturated heterocycles. The molecule has 2 heterocycles. The number of benzene rings is 2. The Labute approximate surface area is 173 Å². The van der Waals surface area contributed by atoms with Gasteiger partial charge in [0.15, 0.2) is 5.71 Å². The Bertz CT molecular complexity index is 1070. The molecule has 1 N–H and O–H groups in total. The van der Waals surface area contributed by atoms with Gasteiger partial charge >= 0.3 is 0 Å². The van der Waals surface area contributed by atoms with Crippen LogP contribution in [-0.2, 0) is 12.0 Å². The standard InChI is InChI=1S/C24H27N3.ClH/c1-24(2)19-11-7-9-13-22(19)27(5)23(24)15-14-21-18(16-26(3)4)17-10-6-8-12-20(17)25-21;/h6-15H,16H2,1-5H3;1H. The molecule has 2 aromatic carbocycles. The molecule has 0 spiro atoms. The largest absolute Gasteiger partial charge is 1.00 e. The lowest BCUT2D eigenvalue weighted by Gasteiger charge is -2.15. The zero-order chi connectivity index (χ0) is 19.2. The van der Waals surface area contributed by atoms with Gasteiger partial charge in [-0.1, -0.05) is 36.4 Å². The molecule has 0 aliphatic carbocycles. The van der Waals surface area contributed by atoms with Crippen molar-refractivity contribution in [3.8, 4) is 0 Å². The summed E-state index contributed by atoms with van der Waals surface area (Å²) in [4.78, 5) is 5.84. The highest BCUT2D eigenvalue weighted by Crippen LogP contribution is 2.39. The number of aromatic nitrogens is 1. The van der Waals surface area contributed by atoms with Crippen LogP contribution >= 0.6 is 0 Å². The molecule has 0 saturated carbocycles. The Morgan fingerprint density at radius 1 is 1.00 bits per heavy atom. The SMILES string of the molecule is CN(C)Cc1c(/C=C/C2=[N+](C)c3ccccc3C2(C)C)[nH]c2ccccc12.[Cl-]. The van der Waals surface area contributed by atoms with Gasteiger partial charge in [-0.3, -0.25) is 0 Å². The highest BCUT2D eigenvalue weighted by molar-refractivity contribution is 6.05. The molecule has 4 rings (SSSR count). The number of para-hydroxylation sites is 2. The van der Waals surface area contributed by atoms with Gasteiger partial charge in [0, 0.05) is 40.8 Å². The fraction of sp³-hybridized carbons (Fsp3) is 0.292. The number of rotatable bonds is 4. The Balaban J connectivity index is 0.00000225. The topological polar surface area (TPSA) is 22.0 Å². The Hall–Kier alpha value is -2.36. The second-order valence-corrected chi connectivity index (χ2v) is 8.22. The zero-order valence-corrected chi connectivity index (χ0v) is 18.0. The first-order chi connectivity index (χ1) is 12.9. The number of nitrogens with one attached hydrogen (secondary N) is 1. The fourth-order valence-electron chi connectivity index (χ4n) is 4.31. The number of halogens is 1. The quantitative estimate of drug-likeness (QED) is 0.672. The van der Waals surface area contributed by atoms with Crippen molar-refractivity contribution in [2.24, 2.45) is 0 Å². The van der Waals surface area contributed by atoms with Crippen LogP contribution in [0.25, 0.3) is 17.0 Å². The van der Waals surface area contributed by atoms with Gasteiger partial charge in [0.25, 0.3) is 0 Å². The smallest absolute Gasteiger partial charge is 0.209 e. The van der Waals surface area contributed by atoms with Crippen molar-refractivity contribution in [3.63, 3.8) is 0 Å². The summed E-state index contributed by atoms with van der Waals surface area (Å²) in [5, 5.41) is 1.30. The van der Waals surface area contributed by atoms with Gasteiger partial charge in [0.05, 0.1) is 5.41 Å². The van der Waals surface area contributed by atoms with Crippen LogP contribution in [0.2, 0.25) is 0 Å². The van der Waals surface area contributed by atoms with Crippen molar-refractivity contribution in [1.82, 2.24) is 9.88 Å². The van der Waals surface area contributed by atoms with Crippen LogP contribution in [0, 0.1) is 0 Å². The zero-order valence-electron chi connectivity index (χ0n) is 17.3. The minimum atomic E-state index is -0.00439. The summed E-state index contributed by atoms with van der Waals surface area (Å²) < 4.78 is 2.32. The molecule has 1 aliphatic rings. The molecule has 28 heavy (non-hydrogen) atoms. The van der Waals surface area contributed by atoms with Crippen molar-refractivity contribution in [3.05, 3.63) is 71.4 Å². The molecule has 0 atom stereocenters. The van der Waals surface area contributed by atoms with Crippen LogP contribution in [0.3, 0.4) is 0 Å². The molecule has 3 aromatic rings. The number of hydrogen-bond donors (Lipinski definition) is 1. The highest BCUT2D eigenvalue weighted by Gasteiger charge is 2.42. The molecule has 0 amide bonds. The van der Waals surface area contributed by atoms with Crippen LogP contribution in [0.5, 0.6) is 0 Å². The van der Waals surface area contributed by atoms with Crippen molar-refractivity contribution < 1.29 is 17.0 Å². The van der Waals surface area contributed by atoms with Crippen LogP contribution in [-0.4, -0.2) is 41.3 Å². The molecule has 0 radical (unpaired) electrons. The molecule has 0 bridgehead atoms. The summed E-state index contributed by atoms with van der Waals surface area (Å²) in [6.45, 7) is 5.53. The number of allylic oxidation sites excluding steroid dienone is 1. The third kappa shape index (κ3) is 3.30. The summed E-state index contributed by atoms with van der Waals surface area (Å²) in [6.07, 6.45) is 4.53. The van der Waals surface area contributed by atoms with Gasteiger partial charge in [-0.2, -0.15) is 4.58 Å². The lowest BCUT2D eigenvalue weighted by molar-refractivity contribution is -0.401. The third-order valence-corrected chi connectivity index (χ3v) is 5.67. The van der Waals surface area contributed by atoms with Crippen LogP contribution in [0.4, 0.5) is 5.69 Å². The minimum absolute atomic E-state index is 0. The van der Waals surface area contributed by atoms with Crippen molar-refractivity contribution in [2.45, 2.75) is 25.8 Å². The molecular weight excluding hydrogens is 366 g/mol. The predicted molar refractivity (Wildman–Crippen MR) is 115 cm³/mol. The van der Waals surface area contributed by atoms with Crippen molar-refractivity contribution in [1.29, 1.82) is 0 Å². The monoisotopic (exact) mass is 393 g/mol. The Morgan fingerprint density at radius 3 is 2.39 bits per heavy atom. The fourth-order valence-corrected chi connectivity index (χ4v) is 4.31. The van der Waals surface area contributed by atoms with E-state index < -0.39 is 0 Å². The number of fused-ring (bicyclic) bond motifs is 2. The maximum atomic E-state index is 3.61. The first-order valence-corrected chi connectivity index (χ1v) is 9.52. The number of H-pyrrole nitrogens is 1. The predicted octanol–water partition coefficient (Wildman–Crippen LogP) is 1.95. The first-order valence-electron chi connectivity index (χ1n) is 9.52. The van der Waals surface area contributed by atoms with Gasteiger partial charge in [-0.15, -0.1) is 0 Å². The summed E-state index contributed by atoms with van der Waals surface area (Å²) in [7, 11) is 6.40. The maximum Gasteiger partial charge on any atom is 0.209 e. The van der Waals surface area contributed by atoms with Crippen LogP contribution < -0.4 is 12.4 Å². The van der Waals surface area contributed by atoms with E-state index in [0.717, 1.165) is 6.54 Å². The summed E-state index contributed by atoms with van der Waals surface area (Å²) in [5.74, 6) is 0. The Kier molecular flexibility index (Phi) is 5.51. The average Bonchev–Trinajstić information content (AvgIpc) is 3.07. The molecule has 1 aromatic heterocycles. The van der Waals surface area contributed by atoms with E-state index in [1.165, 1.54) is 39.1 Å². The normalized spacial score (nSPS) is 15.5. The van der Waals surface area contributed by atoms with E-state index in [1.807, 2.05) is 0 Å².